The summed E-state index contributed by atoms with van der Waals surface area (Å²) < 4.78 is 29.6. The van der Waals surface area contributed by atoms with Crippen molar-refractivity contribution in [3.05, 3.63) is 24.3 Å². The summed E-state index contributed by atoms with van der Waals surface area (Å²) in [7, 11) is -3.01. The van der Waals surface area contributed by atoms with Crippen LogP contribution in [0.5, 0.6) is 5.75 Å². The largest absolute Gasteiger partial charge is 0.494 e. The van der Waals surface area contributed by atoms with Gasteiger partial charge in [-0.1, -0.05) is 13.8 Å². The lowest BCUT2D eigenvalue weighted by Crippen LogP contribution is -2.53. The summed E-state index contributed by atoms with van der Waals surface area (Å²) >= 11 is 0. The van der Waals surface area contributed by atoms with Crippen molar-refractivity contribution < 1.29 is 13.2 Å². The van der Waals surface area contributed by atoms with Gasteiger partial charge in [-0.05, 0) is 61.9 Å². The number of rotatable bonds is 9. The van der Waals surface area contributed by atoms with Crippen molar-refractivity contribution >= 4 is 15.5 Å². The number of piperidine rings is 1. The molecule has 7 heteroatoms. The van der Waals surface area contributed by atoms with Crippen molar-refractivity contribution in [2.24, 2.45) is 17.1 Å². The van der Waals surface area contributed by atoms with Gasteiger partial charge < -0.3 is 20.3 Å². The predicted molar refractivity (Wildman–Crippen MR) is 119 cm³/mol. The molecular weight excluding hydrogens is 386 g/mol. The molecule has 3 fully saturated rings. The summed E-state index contributed by atoms with van der Waals surface area (Å²) in [5, 5.41) is 0. The Morgan fingerprint density at radius 1 is 1.14 bits per heavy atom. The van der Waals surface area contributed by atoms with Gasteiger partial charge in [-0.2, -0.15) is 0 Å². The van der Waals surface area contributed by atoms with E-state index in [2.05, 4.69) is 47.9 Å². The molecule has 164 valence electrons. The second-order valence-corrected chi connectivity index (χ2v) is 11.5. The first kappa shape index (κ1) is 22.4. The van der Waals surface area contributed by atoms with Crippen LogP contribution in [0.1, 0.15) is 33.6 Å². The molecule has 0 aliphatic carbocycles. The van der Waals surface area contributed by atoms with E-state index >= 15 is 0 Å². The maximum absolute atomic E-state index is 12.0. The fourth-order valence-electron chi connectivity index (χ4n) is 5.08. The number of sulfone groups is 1. The second-order valence-electron chi connectivity index (χ2n) is 9.21. The second kappa shape index (κ2) is 9.23. The average molecular weight is 424 g/mol. The molecule has 0 aromatic heterocycles. The van der Waals surface area contributed by atoms with E-state index in [1.54, 1.807) is 0 Å². The van der Waals surface area contributed by atoms with E-state index in [4.69, 9.17) is 10.5 Å². The van der Waals surface area contributed by atoms with Gasteiger partial charge in [0, 0.05) is 37.9 Å². The number of hydrogen-bond acceptors (Lipinski definition) is 6. The molecule has 0 radical (unpaired) electrons. The Labute approximate surface area is 176 Å². The van der Waals surface area contributed by atoms with Gasteiger partial charge in [0.1, 0.15) is 5.75 Å². The minimum atomic E-state index is -3.01. The van der Waals surface area contributed by atoms with Crippen molar-refractivity contribution in [1.82, 2.24) is 4.90 Å². The molecule has 2 bridgehead atoms. The van der Waals surface area contributed by atoms with Crippen LogP contribution in [0.3, 0.4) is 0 Å². The van der Waals surface area contributed by atoms with Crippen LogP contribution in [0, 0.1) is 11.3 Å². The first-order valence-electron chi connectivity index (χ1n) is 10.9. The summed E-state index contributed by atoms with van der Waals surface area (Å²) in [6.07, 6.45) is 1.90. The van der Waals surface area contributed by atoms with Crippen molar-refractivity contribution in [3.63, 3.8) is 0 Å². The molecule has 3 aliphatic rings. The third-order valence-corrected chi connectivity index (χ3v) is 8.10. The van der Waals surface area contributed by atoms with Crippen LogP contribution in [-0.4, -0.2) is 70.2 Å². The third kappa shape index (κ3) is 5.64. The third-order valence-electron chi connectivity index (χ3n) is 6.33. The molecule has 1 aromatic carbocycles. The Morgan fingerprint density at radius 2 is 1.86 bits per heavy atom. The molecular formula is C22H37N3O3S. The summed E-state index contributed by atoms with van der Waals surface area (Å²) in [5.41, 5.74) is 6.90. The summed E-state index contributed by atoms with van der Waals surface area (Å²) in [6, 6.07) is 8.88. The minimum Gasteiger partial charge on any atom is -0.494 e. The van der Waals surface area contributed by atoms with Gasteiger partial charge in [-0.3, -0.25) is 0 Å². The highest BCUT2D eigenvalue weighted by Gasteiger charge is 2.45. The zero-order valence-electron chi connectivity index (χ0n) is 18.1. The van der Waals surface area contributed by atoms with E-state index in [9.17, 15) is 8.42 Å². The van der Waals surface area contributed by atoms with E-state index < -0.39 is 9.84 Å². The van der Waals surface area contributed by atoms with E-state index in [1.165, 1.54) is 12.1 Å². The number of anilines is 1. The average Bonchev–Trinajstić information content (AvgIpc) is 2.88. The molecule has 1 aromatic rings. The predicted octanol–water partition coefficient (Wildman–Crippen LogP) is 2.39. The zero-order chi connectivity index (χ0) is 21.1. The first-order chi connectivity index (χ1) is 13.7. The monoisotopic (exact) mass is 423 g/mol. The highest BCUT2D eigenvalue weighted by atomic mass is 32.2. The Morgan fingerprint density at radius 3 is 2.52 bits per heavy atom. The number of ether oxygens (including phenoxy) is 1. The van der Waals surface area contributed by atoms with Crippen molar-refractivity contribution in [1.29, 1.82) is 0 Å². The summed E-state index contributed by atoms with van der Waals surface area (Å²) in [5.74, 6) is 1.84. The molecule has 3 aliphatic heterocycles. The van der Waals surface area contributed by atoms with Crippen LogP contribution in [0.15, 0.2) is 24.3 Å². The fourth-order valence-corrected chi connectivity index (χ4v) is 6.21. The maximum Gasteiger partial charge on any atom is 0.151 e. The van der Waals surface area contributed by atoms with E-state index in [0.717, 1.165) is 31.9 Å². The smallest absolute Gasteiger partial charge is 0.151 e. The van der Waals surface area contributed by atoms with E-state index in [-0.39, 0.29) is 23.5 Å². The van der Waals surface area contributed by atoms with Crippen molar-refractivity contribution in [2.45, 2.75) is 39.7 Å². The molecule has 0 spiro atoms. The molecule has 0 amide bonds. The number of benzene rings is 1. The SMILES string of the molecule is CCOc1ccc(N2C[C@@H]3CN(CCCS(=O)(=O)CCN)C[C@@H]2C(C)(C)C3)cc1. The number of fused-ring (bicyclic) bond motifs is 4. The van der Waals surface area contributed by atoms with Crippen LogP contribution in [-0.2, 0) is 9.84 Å². The molecule has 0 unspecified atom stereocenters. The lowest BCUT2D eigenvalue weighted by atomic mass is 9.73. The van der Waals surface area contributed by atoms with E-state index in [1.807, 2.05) is 6.92 Å². The molecule has 4 rings (SSSR count). The van der Waals surface area contributed by atoms with Crippen LogP contribution in [0.4, 0.5) is 5.69 Å². The van der Waals surface area contributed by atoms with Crippen molar-refractivity contribution in [3.8, 4) is 5.75 Å². The Hall–Kier alpha value is -1.31. The van der Waals surface area contributed by atoms with Crippen LogP contribution >= 0.6 is 0 Å². The van der Waals surface area contributed by atoms with Crippen LogP contribution in [0.25, 0.3) is 0 Å². The quantitative estimate of drug-likeness (QED) is 0.657. The van der Waals surface area contributed by atoms with Gasteiger partial charge >= 0.3 is 0 Å². The zero-order valence-corrected chi connectivity index (χ0v) is 19.0. The fraction of sp³-hybridized carbons (Fsp3) is 0.727. The lowest BCUT2D eigenvalue weighted by Gasteiger charge is -2.48. The molecule has 2 atom stereocenters. The Balaban J connectivity index is 1.69. The maximum atomic E-state index is 12.0. The molecule has 29 heavy (non-hydrogen) atoms. The minimum absolute atomic E-state index is 0.0940. The van der Waals surface area contributed by atoms with Gasteiger partial charge in [0.2, 0.25) is 0 Å². The molecule has 0 saturated carbocycles. The van der Waals surface area contributed by atoms with Gasteiger partial charge in [0.15, 0.2) is 9.84 Å². The van der Waals surface area contributed by atoms with Gasteiger partial charge in [0.05, 0.1) is 18.1 Å². The van der Waals surface area contributed by atoms with Crippen molar-refractivity contribution in [2.75, 3.05) is 55.7 Å². The number of hydrogen-bond donors (Lipinski definition) is 1. The van der Waals surface area contributed by atoms with Gasteiger partial charge in [-0.15, -0.1) is 0 Å². The number of nitrogens with zero attached hydrogens (tertiary/aromatic N) is 2. The molecule has 6 nitrogen and oxygen atoms in total. The normalized spacial score (nSPS) is 24.5. The van der Waals surface area contributed by atoms with Crippen LogP contribution < -0.4 is 15.4 Å². The van der Waals surface area contributed by atoms with Crippen LogP contribution in [0.2, 0.25) is 0 Å². The van der Waals surface area contributed by atoms with Gasteiger partial charge in [0.25, 0.3) is 0 Å². The molecule has 3 saturated heterocycles. The molecule has 3 heterocycles. The highest BCUT2D eigenvalue weighted by Crippen LogP contribution is 2.43. The lowest BCUT2D eigenvalue weighted by molar-refractivity contribution is 0.190. The first-order valence-corrected chi connectivity index (χ1v) is 12.7. The number of nitrogens with two attached hydrogens (primary N) is 1. The van der Waals surface area contributed by atoms with Gasteiger partial charge in [-0.25, -0.2) is 8.42 Å². The highest BCUT2D eigenvalue weighted by molar-refractivity contribution is 7.91. The standard InChI is InChI=1S/C22H37N3O3S/c1-4-28-20-8-6-19(7-9-20)25-16-18-14-22(2,3)21(25)17-24(15-18)11-5-12-29(26,27)13-10-23/h6-9,18,21H,4-5,10-17,23H2,1-3H3/t18-,21+/m0/s1. The Bertz CT molecular complexity index is 764. The topological polar surface area (TPSA) is 75.9 Å². The molecule has 2 N–H and O–H groups in total. The Kier molecular flexibility index (Phi) is 7.12. The summed E-state index contributed by atoms with van der Waals surface area (Å²) in [4.78, 5) is 5.05. The van der Waals surface area contributed by atoms with E-state index in [0.29, 0.717) is 25.0 Å². The summed E-state index contributed by atoms with van der Waals surface area (Å²) in [6.45, 7) is 11.6.